The molecule has 2 aliphatic rings. The quantitative estimate of drug-likeness (QED) is 0.800. The largest absolute Gasteiger partial charge is 0.396 e. The average molecular weight is 317 g/mol. The van der Waals surface area contributed by atoms with Gasteiger partial charge >= 0.3 is 6.03 Å². The zero-order valence-corrected chi connectivity index (χ0v) is 13.6. The second-order valence-electron chi connectivity index (χ2n) is 6.71. The molecule has 0 bridgehead atoms. The number of hydrogen-bond donors (Lipinski definition) is 3. The summed E-state index contributed by atoms with van der Waals surface area (Å²) in [5.41, 5.74) is 2.00. The van der Waals surface area contributed by atoms with Crippen molar-refractivity contribution in [2.75, 3.05) is 29.9 Å². The van der Waals surface area contributed by atoms with Gasteiger partial charge in [-0.3, -0.25) is 0 Å². The van der Waals surface area contributed by atoms with Crippen molar-refractivity contribution in [3.63, 3.8) is 0 Å². The first-order valence-corrected chi connectivity index (χ1v) is 8.78. The molecule has 1 aliphatic carbocycles. The maximum atomic E-state index is 12.3. The number of benzene rings is 1. The predicted octanol–water partition coefficient (Wildman–Crippen LogP) is 2.96. The molecule has 23 heavy (non-hydrogen) atoms. The third-order valence-corrected chi connectivity index (χ3v) is 5.04. The first kappa shape index (κ1) is 16.1. The van der Waals surface area contributed by atoms with E-state index < -0.39 is 0 Å². The topological polar surface area (TPSA) is 64.6 Å². The fraction of sp³-hybridized carbons (Fsp3) is 0.611. The number of rotatable bonds is 4. The Morgan fingerprint density at radius 1 is 1.13 bits per heavy atom. The van der Waals surface area contributed by atoms with E-state index in [-0.39, 0.29) is 18.7 Å². The molecule has 3 rings (SSSR count). The van der Waals surface area contributed by atoms with Crippen LogP contribution in [-0.2, 0) is 0 Å². The van der Waals surface area contributed by atoms with Crippen molar-refractivity contribution in [3.05, 3.63) is 24.3 Å². The Labute approximate surface area is 138 Å². The van der Waals surface area contributed by atoms with Crippen molar-refractivity contribution in [1.29, 1.82) is 0 Å². The smallest absolute Gasteiger partial charge is 0.319 e. The van der Waals surface area contributed by atoms with Crippen molar-refractivity contribution in [3.8, 4) is 0 Å². The van der Waals surface area contributed by atoms with Gasteiger partial charge in [0, 0.05) is 25.7 Å². The van der Waals surface area contributed by atoms with Crippen LogP contribution >= 0.6 is 0 Å². The standard InChI is InChI=1S/C18H27N3O2/c22-13-14-7-9-15(10-8-14)19-18(23)20-16-5-1-2-6-17(16)21-11-3-4-12-21/h1-2,5-6,14-15,22H,3-4,7-13H2,(H2,19,20,23). The molecule has 1 saturated heterocycles. The first-order chi connectivity index (χ1) is 11.3. The van der Waals surface area contributed by atoms with Gasteiger partial charge in [0.2, 0.25) is 0 Å². The van der Waals surface area contributed by atoms with E-state index in [0.29, 0.717) is 5.92 Å². The Balaban J connectivity index is 1.56. The molecule has 5 nitrogen and oxygen atoms in total. The minimum atomic E-state index is -0.121. The van der Waals surface area contributed by atoms with Gasteiger partial charge in [-0.05, 0) is 56.6 Å². The monoisotopic (exact) mass is 317 g/mol. The summed E-state index contributed by atoms with van der Waals surface area (Å²) < 4.78 is 0. The molecular formula is C18H27N3O2. The second-order valence-corrected chi connectivity index (χ2v) is 6.71. The summed E-state index contributed by atoms with van der Waals surface area (Å²) in [4.78, 5) is 14.6. The summed E-state index contributed by atoms with van der Waals surface area (Å²) in [7, 11) is 0. The Hall–Kier alpha value is -1.75. The molecule has 126 valence electrons. The lowest BCUT2D eigenvalue weighted by Gasteiger charge is -2.28. The molecule has 1 saturated carbocycles. The van der Waals surface area contributed by atoms with Crippen LogP contribution in [0.4, 0.5) is 16.2 Å². The van der Waals surface area contributed by atoms with E-state index in [1.807, 2.05) is 18.2 Å². The van der Waals surface area contributed by atoms with Gasteiger partial charge in [0.25, 0.3) is 0 Å². The van der Waals surface area contributed by atoms with Crippen LogP contribution in [0.1, 0.15) is 38.5 Å². The Kier molecular flexibility index (Phi) is 5.39. The number of carbonyl (C=O) groups excluding carboxylic acids is 1. The highest BCUT2D eigenvalue weighted by molar-refractivity contribution is 5.93. The lowest BCUT2D eigenvalue weighted by Crippen LogP contribution is -2.40. The molecule has 0 unspecified atom stereocenters. The molecular weight excluding hydrogens is 290 g/mol. The van der Waals surface area contributed by atoms with Gasteiger partial charge in [-0.1, -0.05) is 12.1 Å². The lowest BCUT2D eigenvalue weighted by atomic mass is 9.87. The third-order valence-electron chi connectivity index (χ3n) is 5.04. The van der Waals surface area contributed by atoms with Gasteiger partial charge in [-0.25, -0.2) is 4.79 Å². The number of aliphatic hydroxyl groups is 1. The molecule has 2 fully saturated rings. The van der Waals surface area contributed by atoms with Gasteiger partial charge in [-0.15, -0.1) is 0 Å². The predicted molar refractivity (Wildman–Crippen MR) is 92.9 cm³/mol. The highest BCUT2D eigenvalue weighted by Gasteiger charge is 2.22. The highest BCUT2D eigenvalue weighted by Crippen LogP contribution is 2.29. The zero-order valence-electron chi connectivity index (χ0n) is 13.6. The number of anilines is 2. The number of para-hydroxylation sites is 2. The fourth-order valence-corrected chi connectivity index (χ4v) is 3.65. The van der Waals surface area contributed by atoms with Crippen molar-refractivity contribution >= 4 is 17.4 Å². The van der Waals surface area contributed by atoms with E-state index in [2.05, 4.69) is 21.6 Å². The molecule has 0 atom stereocenters. The average Bonchev–Trinajstić information content (AvgIpc) is 3.10. The molecule has 0 radical (unpaired) electrons. The molecule has 1 aromatic carbocycles. The molecule has 0 spiro atoms. The van der Waals surface area contributed by atoms with Crippen LogP contribution in [0.3, 0.4) is 0 Å². The van der Waals surface area contributed by atoms with Gasteiger partial charge in [0.05, 0.1) is 11.4 Å². The summed E-state index contributed by atoms with van der Waals surface area (Å²) in [6.45, 7) is 2.39. The van der Waals surface area contributed by atoms with Gasteiger partial charge in [0.15, 0.2) is 0 Å². The minimum absolute atomic E-state index is 0.121. The molecule has 2 amide bonds. The van der Waals surface area contributed by atoms with E-state index in [1.165, 1.54) is 12.8 Å². The molecule has 0 aromatic heterocycles. The molecule has 1 aromatic rings. The summed E-state index contributed by atoms with van der Waals surface area (Å²) in [6, 6.07) is 8.12. The van der Waals surface area contributed by atoms with Crippen LogP contribution in [0, 0.1) is 5.92 Å². The Bertz CT molecular complexity index is 521. The van der Waals surface area contributed by atoms with Gasteiger partial charge in [-0.2, -0.15) is 0 Å². The van der Waals surface area contributed by atoms with E-state index >= 15 is 0 Å². The molecule has 5 heteroatoms. The Morgan fingerprint density at radius 3 is 2.52 bits per heavy atom. The normalized spacial score (nSPS) is 24.5. The maximum absolute atomic E-state index is 12.3. The molecule has 3 N–H and O–H groups in total. The van der Waals surface area contributed by atoms with Crippen LogP contribution in [0.5, 0.6) is 0 Å². The number of amides is 2. The minimum Gasteiger partial charge on any atom is -0.396 e. The van der Waals surface area contributed by atoms with Crippen LogP contribution < -0.4 is 15.5 Å². The van der Waals surface area contributed by atoms with Crippen LogP contribution in [0.25, 0.3) is 0 Å². The highest BCUT2D eigenvalue weighted by atomic mass is 16.3. The van der Waals surface area contributed by atoms with Crippen molar-refractivity contribution in [2.45, 2.75) is 44.6 Å². The van der Waals surface area contributed by atoms with Crippen LogP contribution in [0.2, 0.25) is 0 Å². The summed E-state index contributed by atoms with van der Waals surface area (Å²) in [5, 5.41) is 15.3. The van der Waals surface area contributed by atoms with Crippen molar-refractivity contribution in [2.24, 2.45) is 5.92 Å². The lowest BCUT2D eigenvalue weighted by molar-refractivity contribution is 0.176. The second kappa shape index (κ2) is 7.68. The maximum Gasteiger partial charge on any atom is 0.319 e. The first-order valence-electron chi connectivity index (χ1n) is 8.78. The van der Waals surface area contributed by atoms with Crippen LogP contribution in [0.15, 0.2) is 24.3 Å². The number of nitrogens with one attached hydrogen (secondary N) is 2. The summed E-state index contributed by atoms with van der Waals surface area (Å²) >= 11 is 0. The molecule has 1 heterocycles. The van der Waals surface area contributed by atoms with Crippen molar-refractivity contribution < 1.29 is 9.90 Å². The number of hydrogen-bond acceptors (Lipinski definition) is 3. The van der Waals surface area contributed by atoms with Gasteiger partial charge in [0.1, 0.15) is 0 Å². The van der Waals surface area contributed by atoms with E-state index in [4.69, 9.17) is 0 Å². The van der Waals surface area contributed by atoms with Crippen molar-refractivity contribution in [1.82, 2.24) is 5.32 Å². The van der Waals surface area contributed by atoms with E-state index in [0.717, 1.165) is 50.1 Å². The SMILES string of the molecule is O=C(Nc1ccccc1N1CCCC1)NC1CCC(CO)CC1. The number of carbonyl (C=O) groups is 1. The zero-order chi connectivity index (χ0) is 16.1. The third kappa shape index (κ3) is 4.16. The van der Waals surface area contributed by atoms with Gasteiger partial charge < -0.3 is 20.6 Å². The van der Waals surface area contributed by atoms with E-state index in [1.54, 1.807) is 0 Å². The number of nitrogens with zero attached hydrogens (tertiary/aromatic N) is 1. The summed E-state index contributed by atoms with van der Waals surface area (Å²) in [6.07, 6.45) is 6.32. The van der Waals surface area contributed by atoms with Crippen LogP contribution in [-0.4, -0.2) is 36.9 Å². The fourth-order valence-electron chi connectivity index (χ4n) is 3.65. The number of aliphatic hydroxyl groups excluding tert-OH is 1. The number of urea groups is 1. The Morgan fingerprint density at radius 2 is 1.83 bits per heavy atom. The molecule has 1 aliphatic heterocycles. The summed E-state index contributed by atoms with van der Waals surface area (Å²) in [5.74, 6) is 0.409. The van der Waals surface area contributed by atoms with E-state index in [9.17, 15) is 9.90 Å².